The lowest BCUT2D eigenvalue weighted by molar-refractivity contribution is 0.00798. The molecule has 0 spiro atoms. The van der Waals surface area contributed by atoms with E-state index in [1.54, 1.807) is 20.8 Å². The van der Waals surface area contributed by atoms with Crippen molar-refractivity contribution in [2.75, 3.05) is 7.05 Å². The fourth-order valence-corrected chi connectivity index (χ4v) is 1.12. The Bertz CT molecular complexity index is 278. The molecule has 0 saturated heterocycles. The summed E-state index contributed by atoms with van der Waals surface area (Å²) in [4.78, 5) is 23.8. The molecule has 0 bridgehead atoms. The Kier molecular flexibility index (Phi) is 3.78. The minimum absolute atomic E-state index is 0.0302. The molecule has 0 atom stereocenters. The minimum atomic E-state index is -0.683. The van der Waals surface area contributed by atoms with Crippen LogP contribution in [0, 0.1) is 0 Å². The van der Waals surface area contributed by atoms with Crippen molar-refractivity contribution in [2.24, 2.45) is 0 Å². The molecule has 5 nitrogen and oxygen atoms in total. The van der Waals surface area contributed by atoms with E-state index in [2.05, 4.69) is 0 Å². The number of imide groups is 1. The highest BCUT2D eigenvalue weighted by Gasteiger charge is 2.28. The van der Waals surface area contributed by atoms with Gasteiger partial charge in [0, 0.05) is 7.05 Å². The van der Waals surface area contributed by atoms with E-state index in [1.165, 1.54) is 7.05 Å². The summed E-state index contributed by atoms with van der Waals surface area (Å²) < 4.78 is 10.1. The fraction of sp³-hybridized carbons (Fsp3) is 0.818. The molecule has 92 valence electrons. The predicted octanol–water partition coefficient (Wildman–Crippen LogP) is 2.54. The van der Waals surface area contributed by atoms with Gasteiger partial charge in [0.2, 0.25) is 0 Å². The molecule has 2 amide bonds. The normalized spacial score (nSPS) is 16.2. The van der Waals surface area contributed by atoms with Crippen molar-refractivity contribution in [1.29, 1.82) is 0 Å². The fourth-order valence-electron chi connectivity index (χ4n) is 1.12. The quantitative estimate of drug-likeness (QED) is 0.693. The molecule has 1 saturated carbocycles. The third-order valence-electron chi connectivity index (χ3n) is 2.26. The molecule has 1 fully saturated rings. The van der Waals surface area contributed by atoms with Crippen LogP contribution in [0.2, 0.25) is 0 Å². The van der Waals surface area contributed by atoms with Gasteiger partial charge < -0.3 is 9.47 Å². The van der Waals surface area contributed by atoms with Gasteiger partial charge in [-0.15, -0.1) is 0 Å². The lowest BCUT2D eigenvalue weighted by atomic mass is 9.96. The van der Waals surface area contributed by atoms with Crippen LogP contribution in [0.5, 0.6) is 0 Å². The third-order valence-corrected chi connectivity index (χ3v) is 2.26. The van der Waals surface area contributed by atoms with Gasteiger partial charge in [-0.2, -0.15) is 0 Å². The zero-order valence-corrected chi connectivity index (χ0v) is 10.3. The first-order valence-electron chi connectivity index (χ1n) is 5.47. The number of ether oxygens (including phenoxy) is 2. The summed E-state index contributed by atoms with van der Waals surface area (Å²) in [6.45, 7) is 5.24. The number of nitrogens with zero attached hydrogens (tertiary/aromatic N) is 1. The zero-order valence-electron chi connectivity index (χ0n) is 10.3. The van der Waals surface area contributed by atoms with E-state index in [9.17, 15) is 9.59 Å². The van der Waals surface area contributed by atoms with Gasteiger partial charge in [-0.25, -0.2) is 14.5 Å². The van der Waals surface area contributed by atoms with Gasteiger partial charge in [-0.1, -0.05) is 0 Å². The molecule has 0 unspecified atom stereocenters. The Morgan fingerprint density at radius 1 is 1.19 bits per heavy atom. The second kappa shape index (κ2) is 4.72. The Hall–Kier alpha value is -1.26. The van der Waals surface area contributed by atoms with Crippen molar-refractivity contribution < 1.29 is 19.1 Å². The van der Waals surface area contributed by atoms with Gasteiger partial charge in [0.1, 0.15) is 11.7 Å². The number of carbonyl (C=O) groups excluding carboxylic acids is 2. The lowest BCUT2D eigenvalue weighted by Crippen LogP contribution is -2.40. The van der Waals surface area contributed by atoms with Gasteiger partial charge in [-0.05, 0) is 40.0 Å². The van der Waals surface area contributed by atoms with Gasteiger partial charge in [0.25, 0.3) is 0 Å². The highest BCUT2D eigenvalue weighted by atomic mass is 16.6. The second-order valence-electron chi connectivity index (χ2n) is 4.98. The Labute approximate surface area is 95.7 Å². The van der Waals surface area contributed by atoms with E-state index in [0.29, 0.717) is 0 Å². The first kappa shape index (κ1) is 12.8. The van der Waals surface area contributed by atoms with E-state index >= 15 is 0 Å². The van der Waals surface area contributed by atoms with Crippen LogP contribution in [0.15, 0.2) is 0 Å². The molecule has 0 aromatic carbocycles. The summed E-state index contributed by atoms with van der Waals surface area (Å²) in [5, 5.41) is 0. The van der Waals surface area contributed by atoms with Gasteiger partial charge in [0.15, 0.2) is 0 Å². The Morgan fingerprint density at radius 3 is 2.12 bits per heavy atom. The summed E-state index contributed by atoms with van der Waals surface area (Å²) in [7, 11) is 1.36. The zero-order chi connectivity index (χ0) is 12.3. The summed E-state index contributed by atoms with van der Waals surface area (Å²) in [6, 6.07) is 0. The highest BCUT2D eigenvalue weighted by molar-refractivity contribution is 5.87. The molecule has 1 aliphatic carbocycles. The van der Waals surface area contributed by atoms with E-state index in [0.717, 1.165) is 24.2 Å². The van der Waals surface area contributed by atoms with Crippen molar-refractivity contribution in [3.8, 4) is 0 Å². The van der Waals surface area contributed by atoms with E-state index in [1.807, 2.05) is 0 Å². The van der Waals surface area contributed by atoms with Gasteiger partial charge in [0.05, 0.1) is 0 Å². The Balaban J connectivity index is 2.39. The van der Waals surface area contributed by atoms with Crippen LogP contribution in [0.4, 0.5) is 9.59 Å². The van der Waals surface area contributed by atoms with Gasteiger partial charge in [-0.3, -0.25) is 0 Å². The number of amides is 2. The molecule has 0 N–H and O–H groups in total. The van der Waals surface area contributed by atoms with E-state index in [4.69, 9.17) is 9.47 Å². The van der Waals surface area contributed by atoms with Crippen molar-refractivity contribution in [1.82, 2.24) is 4.90 Å². The van der Waals surface area contributed by atoms with Crippen molar-refractivity contribution in [3.63, 3.8) is 0 Å². The topological polar surface area (TPSA) is 55.8 Å². The average molecular weight is 229 g/mol. The predicted molar refractivity (Wildman–Crippen MR) is 58.1 cm³/mol. The van der Waals surface area contributed by atoms with Crippen LogP contribution >= 0.6 is 0 Å². The van der Waals surface area contributed by atoms with Crippen LogP contribution in [0.1, 0.15) is 40.0 Å². The molecule has 1 rings (SSSR count). The maximum Gasteiger partial charge on any atom is 0.419 e. The van der Waals surface area contributed by atoms with Crippen molar-refractivity contribution in [2.45, 2.75) is 51.7 Å². The monoisotopic (exact) mass is 229 g/mol. The molecule has 0 radical (unpaired) electrons. The van der Waals surface area contributed by atoms with Crippen LogP contribution in [0.25, 0.3) is 0 Å². The molecule has 16 heavy (non-hydrogen) atoms. The second-order valence-corrected chi connectivity index (χ2v) is 4.98. The first-order valence-corrected chi connectivity index (χ1v) is 5.47. The van der Waals surface area contributed by atoms with Crippen LogP contribution in [0.3, 0.4) is 0 Å². The maximum absolute atomic E-state index is 11.5. The summed E-state index contributed by atoms with van der Waals surface area (Å²) in [5.74, 6) is 0. The summed E-state index contributed by atoms with van der Waals surface area (Å²) in [5.41, 5.74) is -0.609. The molecule has 0 heterocycles. The minimum Gasteiger partial charge on any atom is -0.446 e. The average Bonchev–Trinajstić information content (AvgIpc) is 2.06. The standard InChI is InChI=1S/C11H19NO4/c1-11(2,3)16-10(14)12(4)9(13)15-8-6-5-7-8/h8H,5-7H2,1-4H3. The van der Waals surface area contributed by atoms with E-state index in [-0.39, 0.29) is 6.10 Å². The smallest absolute Gasteiger partial charge is 0.419 e. The molecule has 0 aromatic rings. The number of carbonyl (C=O) groups is 2. The van der Waals surface area contributed by atoms with Crippen molar-refractivity contribution in [3.05, 3.63) is 0 Å². The molecule has 0 aromatic heterocycles. The molecule has 1 aliphatic rings. The molecular weight excluding hydrogens is 210 g/mol. The van der Waals surface area contributed by atoms with Crippen LogP contribution < -0.4 is 0 Å². The van der Waals surface area contributed by atoms with E-state index < -0.39 is 17.8 Å². The lowest BCUT2D eigenvalue weighted by Gasteiger charge is -2.28. The largest absolute Gasteiger partial charge is 0.446 e. The summed E-state index contributed by atoms with van der Waals surface area (Å²) >= 11 is 0. The summed E-state index contributed by atoms with van der Waals surface area (Å²) in [6.07, 6.45) is 1.49. The van der Waals surface area contributed by atoms with Gasteiger partial charge >= 0.3 is 12.2 Å². The third kappa shape index (κ3) is 3.72. The molecule has 0 aliphatic heterocycles. The number of hydrogen-bond donors (Lipinski definition) is 0. The number of hydrogen-bond acceptors (Lipinski definition) is 4. The highest BCUT2D eigenvalue weighted by Crippen LogP contribution is 2.22. The Morgan fingerprint density at radius 2 is 1.75 bits per heavy atom. The van der Waals surface area contributed by atoms with Crippen LogP contribution in [-0.4, -0.2) is 35.8 Å². The van der Waals surface area contributed by atoms with Crippen LogP contribution in [-0.2, 0) is 9.47 Å². The maximum atomic E-state index is 11.5. The first-order chi connectivity index (χ1) is 7.29. The van der Waals surface area contributed by atoms with Crippen molar-refractivity contribution >= 4 is 12.2 Å². The number of rotatable bonds is 1. The SMILES string of the molecule is CN(C(=O)OC1CCC1)C(=O)OC(C)(C)C. The molecular formula is C11H19NO4. The molecule has 5 heteroatoms.